The van der Waals surface area contributed by atoms with E-state index in [9.17, 15) is 9.18 Å². The summed E-state index contributed by atoms with van der Waals surface area (Å²) in [4.78, 5) is 11.7. The maximum Gasteiger partial charge on any atom is 0.244 e. The van der Waals surface area contributed by atoms with E-state index in [1.54, 1.807) is 6.07 Å². The normalized spacial score (nSPS) is 12.7. The quantitative estimate of drug-likeness (QED) is 0.784. The fraction of sp³-hybridized carbons (Fsp3) is 0.400. The molecule has 0 aliphatic heterocycles. The molecule has 0 heterocycles. The zero-order chi connectivity index (χ0) is 15.1. The first-order valence-electron chi connectivity index (χ1n) is 6.41. The molecule has 0 unspecified atom stereocenters. The second-order valence-corrected chi connectivity index (χ2v) is 4.77. The number of ether oxygens (including phenoxy) is 1. The highest BCUT2D eigenvalue weighted by atomic mass is 19.1. The molecule has 0 aliphatic rings. The molecule has 0 aliphatic carbocycles. The van der Waals surface area contributed by atoms with Gasteiger partial charge >= 0.3 is 0 Å². The van der Waals surface area contributed by atoms with Crippen molar-refractivity contribution in [1.82, 2.24) is 5.32 Å². The predicted octanol–water partition coefficient (Wildman–Crippen LogP) is 1.98. The summed E-state index contributed by atoms with van der Waals surface area (Å²) >= 11 is 0. The lowest BCUT2D eigenvalue weighted by molar-refractivity contribution is -0.117. The predicted molar refractivity (Wildman–Crippen MR) is 75.8 cm³/mol. The van der Waals surface area contributed by atoms with Crippen LogP contribution in [-0.2, 0) is 4.79 Å². The van der Waals surface area contributed by atoms with Crippen LogP contribution in [0.25, 0.3) is 6.08 Å². The van der Waals surface area contributed by atoms with Gasteiger partial charge in [-0.2, -0.15) is 0 Å². The van der Waals surface area contributed by atoms with Crippen LogP contribution in [0, 0.1) is 11.7 Å². The van der Waals surface area contributed by atoms with Gasteiger partial charge in [0.2, 0.25) is 5.91 Å². The number of aliphatic hydroxyl groups excluding tert-OH is 1. The van der Waals surface area contributed by atoms with Gasteiger partial charge in [0.05, 0.1) is 19.8 Å². The summed E-state index contributed by atoms with van der Waals surface area (Å²) < 4.78 is 18.3. The van der Waals surface area contributed by atoms with Crippen LogP contribution in [0.1, 0.15) is 19.4 Å². The van der Waals surface area contributed by atoms with Crippen LogP contribution in [0.5, 0.6) is 5.75 Å². The average molecular weight is 281 g/mol. The fourth-order valence-corrected chi connectivity index (χ4v) is 1.61. The van der Waals surface area contributed by atoms with Gasteiger partial charge in [0.25, 0.3) is 0 Å². The van der Waals surface area contributed by atoms with Crippen LogP contribution in [0.15, 0.2) is 24.3 Å². The lowest BCUT2D eigenvalue weighted by atomic mass is 10.1. The largest absolute Gasteiger partial charge is 0.494 e. The molecule has 1 rings (SSSR count). The average Bonchev–Trinajstić information content (AvgIpc) is 2.42. The number of amides is 1. The lowest BCUT2D eigenvalue weighted by Gasteiger charge is -2.18. The number of hydrogen-bond donors (Lipinski definition) is 2. The van der Waals surface area contributed by atoms with E-state index in [2.05, 4.69) is 5.32 Å². The van der Waals surface area contributed by atoms with E-state index in [0.29, 0.717) is 5.56 Å². The van der Waals surface area contributed by atoms with E-state index in [0.717, 1.165) is 0 Å². The molecular formula is C15H20FNO3. The number of aliphatic hydroxyl groups is 1. The first-order valence-corrected chi connectivity index (χ1v) is 6.41. The van der Waals surface area contributed by atoms with Crippen LogP contribution in [-0.4, -0.2) is 30.8 Å². The Hall–Kier alpha value is -1.88. The van der Waals surface area contributed by atoms with Crippen molar-refractivity contribution in [1.29, 1.82) is 0 Å². The minimum atomic E-state index is -0.481. The second-order valence-electron chi connectivity index (χ2n) is 4.77. The second kappa shape index (κ2) is 7.65. The van der Waals surface area contributed by atoms with Crippen molar-refractivity contribution >= 4 is 12.0 Å². The molecule has 0 saturated heterocycles. The van der Waals surface area contributed by atoms with Crippen LogP contribution in [0.4, 0.5) is 4.39 Å². The molecule has 1 atom stereocenters. The highest BCUT2D eigenvalue weighted by molar-refractivity contribution is 5.91. The minimum Gasteiger partial charge on any atom is -0.494 e. The Balaban J connectivity index is 2.68. The molecule has 20 heavy (non-hydrogen) atoms. The number of nitrogens with one attached hydrogen (secondary N) is 1. The number of methoxy groups -OCH3 is 1. The molecule has 0 spiro atoms. The van der Waals surface area contributed by atoms with Crippen LogP contribution in [0.2, 0.25) is 0 Å². The highest BCUT2D eigenvalue weighted by Crippen LogP contribution is 2.18. The Morgan fingerprint density at radius 3 is 2.70 bits per heavy atom. The van der Waals surface area contributed by atoms with Gasteiger partial charge < -0.3 is 15.2 Å². The molecular weight excluding hydrogens is 261 g/mol. The third kappa shape index (κ3) is 4.66. The van der Waals surface area contributed by atoms with Crippen molar-refractivity contribution < 1.29 is 19.0 Å². The molecule has 0 saturated carbocycles. The van der Waals surface area contributed by atoms with Crippen LogP contribution in [0.3, 0.4) is 0 Å². The third-order valence-corrected chi connectivity index (χ3v) is 2.93. The molecule has 1 amide bonds. The van der Waals surface area contributed by atoms with Gasteiger partial charge in [-0.1, -0.05) is 19.9 Å². The van der Waals surface area contributed by atoms with E-state index in [1.807, 2.05) is 13.8 Å². The van der Waals surface area contributed by atoms with Crippen LogP contribution >= 0.6 is 0 Å². The van der Waals surface area contributed by atoms with Gasteiger partial charge in [-0.05, 0) is 29.7 Å². The van der Waals surface area contributed by atoms with Crippen molar-refractivity contribution in [2.75, 3.05) is 13.7 Å². The van der Waals surface area contributed by atoms with Crippen molar-refractivity contribution in [2.24, 2.45) is 5.92 Å². The van der Waals surface area contributed by atoms with Gasteiger partial charge in [0.1, 0.15) is 0 Å². The van der Waals surface area contributed by atoms with Gasteiger partial charge in [-0.3, -0.25) is 4.79 Å². The Bertz CT molecular complexity index is 486. The SMILES string of the molecule is COc1ccc(C=CC(=O)N[C@H](CO)C(C)C)cc1F. The van der Waals surface area contributed by atoms with Crippen molar-refractivity contribution in [3.8, 4) is 5.75 Å². The summed E-state index contributed by atoms with van der Waals surface area (Å²) in [5.41, 5.74) is 0.559. The minimum absolute atomic E-state index is 0.117. The maximum absolute atomic E-state index is 13.5. The number of carbonyl (C=O) groups excluding carboxylic acids is 1. The summed E-state index contributed by atoms with van der Waals surface area (Å²) in [7, 11) is 1.39. The van der Waals surface area contributed by atoms with Crippen LogP contribution < -0.4 is 10.1 Å². The molecule has 0 radical (unpaired) electrons. The summed E-state index contributed by atoms with van der Waals surface area (Å²) in [6.07, 6.45) is 2.82. The molecule has 0 fully saturated rings. The van der Waals surface area contributed by atoms with Gasteiger partial charge in [0.15, 0.2) is 11.6 Å². The van der Waals surface area contributed by atoms with E-state index in [4.69, 9.17) is 9.84 Å². The third-order valence-electron chi connectivity index (χ3n) is 2.93. The zero-order valence-electron chi connectivity index (χ0n) is 11.9. The lowest BCUT2D eigenvalue weighted by Crippen LogP contribution is -2.40. The topological polar surface area (TPSA) is 58.6 Å². The number of halogens is 1. The Kier molecular flexibility index (Phi) is 6.18. The number of benzene rings is 1. The number of carbonyl (C=O) groups is 1. The first-order chi connectivity index (χ1) is 9.47. The molecule has 2 N–H and O–H groups in total. The van der Waals surface area contributed by atoms with Gasteiger partial charge in [0, 0.05) is 6.08 Å². The van der Waals surface area contributed by atoms with E-state index < -0.39 is 5.82 Å². The monoisotopic (exact) mass is 281 g/mol. The zero-order valence-corrected chi connectivity index (χ0v) is 11.9. The standard InChI is InChI=1S/C15H20FNO3/c1-10(2)13(9-18)17-15(19)7-5-11-4-6-14(20-3)12(16)8-11/h4-8,10,13,18H,9H2,1-3H3,(H,17,19)/t13-/m1/s1. The summed E-state index contributed by atoms with van der Waals surface area (Å²) in [5, 5.41) is 11.8. The number of rotatable bonds is 6. The van der Waals surface area contributed by atoms with E-state index in [1.165, 1.54) is 31.4 Å². The van der Waals surface area contributed by atoms with Gasteiger partial charge in [-0.25, -0.2) is 4.39 Å². The molecule has 4 nitrogen and oxygen atoms in total. The van der Waals surface area contributed by atoms with E-state index in [-0.39, 0.29) is 30.2 Å². The molecule has 5 heteroatoms. The molecule has 1 aromatic carbocycles. The van der Waals surface area contributed by atoms with Gasteiger partial charge in [-0.15, -0.1) is 0 Å². The Morgan fingerprint density at radius 2 is 2.20 bits per heavy atom. The Morgan fingerprint density at radius 1 is 1.50 bits per heavy atom. The first kappa shape index (κ1) is 16.2. The van der Waals surface area contributed by atoms with E-state index >= 15 is 0 Å². The fourth-order valence-electron chi connectivity index (χ4n) is 1.61. The molecule has 1 aromatic rings. The van der Waals surface area contributed by atoms with Crippen molar-refractivity contribution in [3.63, 3.8) is 0 Å². The Labute approximate surface area is 118 Å². The summed E-state index contributed by atoms with van der Waals surface area (Å²) in [5.74, 6) is -0.512. The van der Waals surface area contributed by atoms with Crippen molar-refractivity contribution in [2.45, 2.75) is 19.9 Å². The maximum atomic E-state index is 13.5. The molecule has 110 valence electrons. The summed E-state index contributed by atoms with van der Waals surface area (Å²) in [6.45, 7) is 3.70. The van der Waals surface area contributed by atoms with Crippen molar-refractivity contribution in [3.05, 3.63) is 35.7 Å². The highest BCUT2D eigenvalue weighted by Gasteiger charge is 2.13. The molecule has 0 aromatic heterocycles. The number of hydrogen-bond acceptors (Lipinski definition) is 3. The summed E-state index contributed by atoms with van der Waals surface area (Å²) in [6, 6.07) is 4.14. The smallest absolute Gasteiger partial charge is 0.244 e. The molecule has 0 bridgehead atoms.